The molecule has 0 aromatic heterocycles. The number of ketones is 1. The first kappa shape index (κ1) is 18.1. The van der Waals surface area contributed by atoms with Crippen LogP contribution < -0.4 is 5.32 Å². The number of Topliss-reactive ketones (excluding diaryl/α,β-unsaturated/α-hetero) is 1. The Morgan fingerprint density at radius 2 is 1.79 bits per heavy atom. The van der Waals surface area contributed by atoms with Crippen LogP contribution in [0.4, 0.5) is 4.79 Å². The number of carbonyl (C=O) groups excluding carboxylic acids is 2. The normalized spacial score (nSPS) is 14.9. The fraction of sp³-hybridized carbons (Fsp3) is 0.846. The number of rotatable bonds is 6. The summed E-state index contributed by atoms with van der Waals surface area (Å²) in [5.74, 6) is -0.0257. The van der Waals surface area contributed by atoms with Crippen molar-refractivity contribution in [3.8, 4) is 0 Å². The smallest absolute Gasteiger partial charge is 0.408 e. The third-order valence-electron chi connectivity index (χ3n) is 2.13. The number of amides is 1. The van der Waals surface area contributed by atoms with E-state index in [0.717, 1.165) is 0 Å². The second kappa shape index (κ2) is 7.62. The summed E-state index contributed by atoms with van der Waals surface area (Å²) >= 11 is 0. The van der Waals surface area contributed by atoms with Gasteiger partial charge in [-0.25, -0.2) is 4.79 Å². The molecule has 0 heterocycles. The molecule has 2 atom stereocenters. The Morgan fingerprint density at radius 3 is 2.16 bits per heavy atom. The summed E-state index contributed by atoms with van der Waals surface area (Å²) in [6.07, 6.45) is 1.36. The highest BCUT2D eigenvalue weighted by atomic mass is 32.2. The van der Waals surface area contributed by atoms with Gasteiger partial charge < -0.3 is 10.1 Å². The molecule has 0 aromatic carbocycles. The average Bonchev–Trinajstić information content (AvgIpc) is 2.11. The van der Waals surface area contributed by atoms with Gasteiger partial charge in [-0.1, -0.05) is 13.8 Å². The molecule has 0 spiro atoms. The highest BCUT2D eigenvalue weighted by Gasteiger charge is 2.25. The largest absolute Gasteiger partial charge is 0.444 e. The molecule has 0 radical (unpaired) electrons. The standard InChI is InChI=1S/C13H25NO4S/c1-9(2)7-10(11(15)8-19(6)17)14-12(16)18-13(3,4)5/h9-10H,7-8H2,1-6H3,(H,14,16)/t10-,19?/m0/s1. The van der Waals surface area contributed by atoms with Crippen molar-refractivity contribution >= 4 is 22.7 Å². The van der Waals surface area contributed by atoms with Gasteiger partial charge in [0.2, 0.25) is 0 Å². The Hall–Kier alpha value is -0.910. The zero-order chi connectivity index (χ0) is 15.2. The Labute approximate surface area is 117 Å². The number of alkyl carbamates (subject to hydrolysis) is 1. The van der Waals surface area contributed by atoms with Gasteiger partial charge >= 0.3 is 6.09 Å². The molecule has 0 aliphatic heterocycles. The maximum absolute atomic E-state index is 11.9. The number of carbonyl (C=O) groups is 2. The second-order valence-electron chi connectivity index (χ2n) is 6.01. The lowest BCUT2D eigenvalue weighted by atomic mass is 10.0. The molecule has 0 aliphatic carbocycles. The number of ether oxygens (including phenoxy) is 1. The van der Waals surface area contributed by atoms with E-state index in [1.54, 1.807) is 20.8 Å². The molecular formula is C13H25NO4S. The van der Waals surface area contributed by atoms with Crippen molar-refractivity contribution in [3.05, 3.63) is 0 Å². The monoisotopic (exact) mass is 291 g/mol. The molecule has 0 saturated carbocycles. The highest BCUT2D eigenvalue weighted by molar-refractivity contribution is 7.85. The number of hydrogen-bond acceptors (Lipinski definition) is 4. The van der Waals surface area contributed by atoms with Gasteiger partial charge in [-0.15, -0.1) is 0 Å². The van der Waals surface area contributed by atoms with E-state index < -0.39 is 28.5 Å². The highest BCUT2D eigenvalue weighted by Crippen LogP contribution is 2.10. The Balaban J connectivity index is 4.63. The zero-order valence-corrected chi connectivity index (χ0v) is 13.4. The first-order valence-corrected chi connectivity index (χ1v) is 8.06. The lowest BCUT2D eigenvalue weighted by Crippen LogP contribution is -2.45. The average molecular weight is 291 g/mol. The topological polar surface area (TPSA) is 72.5 Å². The van der Waals surface area contributed by atoms with Gasteiger partial charge in [-0.2, -0.15) is 0 Å². The predicted molar refractivity (Wildman–Crippen MR) is 76.6 cm³/mol. The molecule has 1 unspecified atom stereocenters. The minimum Gasteiger partial charge on any atom is -0.444 e. The van der Waals surface area contributed by atoms with Crippen molar-refractivity contribution in [1.82, 2.24) is 5.32 Å². The van der Waals surface area contributed by atoms with Gasteiger partial charge in [0.1, 0.15) is 5.60 Å². The molecule has 0 bridgehead atoms. The van der Waals surface area contributed by atoms with Crippen LogP contribution in [0.15, 0.2) is 0 Å². The van der Waals surface area contributed by atoms with E-state index in [-0.39, 0.29) is 17.5 Å². The first-order valence-electron chi connectivity index (χ1n) is 6.33. The molecule has 0 rings (SSSR count). The Bertz CT molecular complexity index is 347. The van der Waals surface area contributed by atoms with Crippen LogP contribution in [0.2, 0.25) is 0 Å². The molecule has 0 aliphatic rings. The summed E-state index contributed by atoms with van der Waals surface area (Å²) < 4.78 is 16.2. The summed E-state index contributed by atoms with van der Waals surface area (Å²) in [5.41, 5.74) is -0.608. The van der Waals surface area contributed by atoms with Crippen molar-refractivity contribution in [2.45, 2.75) is 52.7 Å². The number of hydrogen-bond donors (Lipinski definition) is 1. The molecule has 0 aromatic rings. The van der Waals surface area contributed by atoms with E-state index in [1.165, 1.54) is 6.26 Å². The maximum Gasteiger partial charge on any atom is 0.408 e. The first-order chi connectivity index (χ1) is 8.51. The predicted octanol–water partition coefficient (Wildman–Crippen LogP) is 1.87. The van der Waals surface area contributed by atoms with Gasteiger partial charge in [-0.05, 0) is 33.1 Å². The SMILES string of the molecule is CC(C)C[C@H](NC(=O)OC(C)(C)C)C(=O)CS(C)=O. The van der Waals surface area contributed by atoms with Crippen molar-refractivity contribution < 1.29 is 18.5 Å². The van der Waals surface area contributed by atoms with Gasteiger partial charge in [-0.3, -0.25) is 9.00 Å². The summed E-state index contributed by atoms with van der Waals surface area (Å²) in [5, 5.41) is 2.56. The Kier molecular flexibility index (Phi) is 7.26. The summed E-state index contributed by atoms with van der Waals surface area (Å²) in [6, 6.07) is -0.640. The molecule has 6 heteroatoms. The van der Waals surface area contributed by atoms with E-state index >= 15 is 0 Å². The van der Waals surface area contributed by atoms with Crippen molar-refractivity contribution in [1.29, 1.82) is 0 Å². The third-order valence-corrected chi connectivity index (χ3v) is 2.82. The van der Waals surface area contributed by atoms with Crippen LogP contribution in [0, 0.1) is 5.92 Å². The van der Waals surface area contributed by atoms with Crippen molar-refractivity contribution in [3.63, 3.8) is 0 Å². The fourth-order valence-corrected chi connectivity index (χ4v) is 2.09. The molecule has 0 saturated heterocycles. The molecular weight excluding hydrogens is 266 g/mol. The molecule has 0 fully saturated rings. The summed E-state index contributed by atoms with van der Waals surface area (Å²) in [4.78, 5) is 23.6. The summed E-state index contributed by atoms with van der Waals surface area (Å²) in [6.45, 7) is 9.19. The third kappa shape index (κ3) is 9.64. The van der Waals surface area contributed by atoms with Crippen LogP contribution >= 0.6 is 0 Å². The van der Waals surface area contributed by atoms with Gasteiger partial charge in [0.15, 0.2) is 5.78 Å². The van der Waals surface area contributed by atoms with Crippen LogP contribution in [-0.2, 0) is 20.3 Å². The van der Waals surface area contributed by atoms with Gasteiger partial charge in [0, 0.05) is 17.1 Å². The van der Waals surface area contributed by atoms with E-state index in [1.807, 2.05) is 13.8 Å². The minimum atomic E-state index is -1.21. The van der Waals surface area contributed by atoms with Crippen LogP contribution in [-0.4, -0.2) is 39.7 Å². The van der Waals surface area contributed by atoms with E-state index in [0.29, 0.717) is 6.42 Å². The van der Waals surface area contributed by atoms with Crippen LogP contribution in [0.3, 0.4) is 0 Å². The van der Waals surface area contributed by atoms with Crippen molar-refractivity contribution in [2.24, 2.45) is 5.92 Å². The van der Waals surface area contributed by atoms with Crippen LogP contribution in [0.25, 0.3) is 0 Å². The summed E-state index contributed by atoms with van der Waals surface area (Å²) in [7, 11) is -1.21. The molecule has 1 N–H and O–H groups in total. The maximum atomic E-state index is 11.9. The van der Waals surface area contributed by atoms with E-state index in [2.05, 4.69) is 5.32 Å². The van der Waals surface area contributed by atoms with Crippen LogP contribution in [0.1, 0.15) is 41.0 Å². The molecule has 5 nitrogen and oxygen atoms in total. The van der Waals surface area contributed by atoms with Crippen molar-refractivity contribution in [2.75, 3.05) is 12.0 Å². The quantitative estimate of drug-likeness (QED) is 0.811. The fourth-order valence-electron chi connectivity index (χ4n) is 1.49. The minimum absolute atomic E-state index is 0.0484. The van der Waals surface area contributed by atoms with Gasteiger partial charge in [0.05, 0.1) is 11.8 Å². The second-order valence-corrected chi connectivity index (χ2v) is 7.45. The van der Waals surface area contributed by atoms with Gasteiger partial charge in [0.25, 0.3) is 0 Å². The lowest BCUT2D eigenvalue weighted by molar-refractivity contribution is -0.119. The molecule has 1 amide bonds. The molecule has 19 heavy (non-hydrogen) atoms. The van der Waals surface area contributed by atoms with Crippen LogP contribution in [0.5, 0.6) is 0 Å². The number of nitrogens with one attached hydrogen (secondary N) is 1. The van der Waals surface area contributed by atoms with E-state index in [9.17, 15) is 13.8 Å². The Morgan fingerprint density at radius 1 is 1.26 bits per heavy atom. The lowest BCUT2D eigenvalue weighted by Gasteiger charge is -2.23. The zero-order valence-electron chi connectivity index (χ0n) is 12.6. The molecule has 112 valence electrons. The van der Waals surface area contributed by atoms with E-state index in [4.69, 9.17) is 4.74 Å².